The lowest BCUT2D eigenvalue weighted by Gasteiger charge is -2.07. The Balaban J connectivity index is 1.93. The number of rotatable bonds is 2. The predicted molar refractivity (Wildman–Crippen MR) is 70.1 cm³/mol. The van der Waals surface area contributed by atoms with Crippen molar-refractivity contribution in [1.29, 1.82) is 0 Å². The van der Waals surface area contributed by atoms with E-state index in [-0.39, 0.29) is 5.97 Å². The number of aromatic nitrogens is 1. The highest BCUT2D eigenvalue weighted by atomic mass is 32.1. The molecule has 0 spiro atoms. The second kappa shape index (κ2) is 4.53. The second-order valence-electron chi connectivity index (χ2n) is 4.34. The third-order valence-corrected chi connectivity index (χ3v) is 4.43. The molecule has 1 atom stereocenters. The first-order chi connectivity index (χ1) is 8.79. The maximum absolute atomic E-state index is 11.4. The normalized spacial score (nSPS) is 17.5. The summed E-state index contributed by atoms with van der Waals surface area (Å²) in [7, 11) is 1.40. The number of hydrogen-bond acceptors (Lipinski definition) is 4. The predicted octanol–water partition coefficient (Wildman–Crippen LogP) is 3.01. The van der Waals surface area contributed by atoms with Crippen molar-refractivity contribution in [3.8, 4) is 0 Å². The Bertz CT molecular complexity index is 591. The second-order valence-corrected chi connectivity index (χ2v) is 5.41. The van der Waals surface area contributed by atoms with Crippen LogP contribution in [-0.4, -0.2) is 18.1 Å². The van der Waals surface area contributed by atoms with Gasteiger partial charge in [0.05, 0.1) is 13.3 Å². The molecule has 0 bridgehead atoms. The van der Waals surface area contributed by atoms with Gasteiger partial charge in [-0.1, -0.05) is 24.3 Å². The lowest BCUT2D eigenvalue weighted by atomic mass is 10.0. The molecule has 3 rings (SSSR count). The van der Waals surface area contributed by atoms with Gasteiger partial charge in [-0.3, -0.25) is 0 Å². The maximum atomic E-state index is 11.4. The largest absolute Gasteiger partial charge is 0.465 e. The number of thiazole rings is 1. The van der Waals surface area contributed by atoms with Gasteiger partial charge in [0, 0.05) is 5.92 Å². The summed E-state index contributed by atoms with van der Waals surface area (Å²) in [6.07, 6.45) is 3.79. The Kier molecular flexibility index (Phi) is 2.88. The molecular formula is C14H13NO2S. The molecule has 1 unspecified atom stereocenters. The van der Waals surface area contributed by atoms with Crippen LogP contribution in [0.1, 0.15) is 38.1 Å². The van der Waals surface area contributed by atoms with Crippen molar-refractivity contribution < 1.29 is 9.53 Å². The van der Waals surface area contributed by atoms with E-state index in [9.17, 15) is 4.79 Å². The van der Waals surface area contributed by atoms with E-state index in [0.29, 0.717) is 10.8 Å². The number of fused-ring (bicyclic) bond motifs is 1. The first kappa shape index (κ1) is 11.4. The van der Waals surface area contributed by atoms with E-state index in [1.165, 1.54) is 29.6 Å². The van der Waals surface area contributed by atoms with Crippen LogP contribution in [0, 0.1) is 0 Å². The van der Waals surface area contributed by atoms with E-state index in [0.717, 1.165) is 17.8 Å². The zero-order valence-corrected chi connectivity index (χ0v) is 10.9. The molecule has 4 heteroatoms. The van der Waals surface area contributed by atoms with Gasteiger partial charge in [0.2, 0.25) is 0 Å². The fourth-order valence-electron chi connectivity index (χ4n) is 2.46. The Morgan fingerprint density at radius 1 is 1.44 bits per heavy atom. The molecule has 0 saturated heterocycles. The minimum Gasteiger partial charge on any atom is -0.465 e. The molecule has 3 nitrogen and oxygen atoms in total. The van der Waals surface area contributed by atoms with Crippen molar-refractivity contribution in [2.24, 2.45) is 0 Å². The molecule has 1 aromatic heterocycles. The number of carbonyl (C=O) groups excluding carboxylic acids is 1. The fraction of sp³-hybridized carbons (Fsp3) is 0.286. The molecule has 0 aliphatic heterocycles. The lowest BCUT2D eigenvalue weighted by molar-refractivity contribution is 0.0606. The molecule has 18 heavy (non-hydrogen) atoms. The van der Waals surface area contributed by atoms with Gasteiger partial charge in [0.1, 0.15) is 9.88 Å². The quantitative estimate of drug-likeness (QED) is 0.778. The summed E-state index contributed by atoms with van der Waals surface area (Å²) in [6.45, 7) is 0. The summed E-state index contributed by atoms with van der Waals surface area (Å²) in [5.74, 6) is 0.0367. The van der Waals surface area contributed by atoms with Crippen LogP contribution >= 0.6 is 11.3 Å². The van der Waals surface area contributed by atoms with Crippen molar-refractivity contribution in [3.63, 3.8) is 0 Å². The number of ether oxygens (including phenoxy) is 1. The highest BCUT2D eigenvalue weighted by Crippen LogP contribution is 2.39. The Labute approximate surface area is 109 Å². The van der Waals surface area contributed by atoms with Crippen LogP contribution in [0.25, 0.3) is 0 Å². The third kappa shape index (κ3) is 1.82. The number of methoxy groups -OCH3 is 1. The van der Waals surface area contributed by atoms with Crippen LogP contribution < -0.4 is 0 Å². The standard InChI is InChI=1S/C14H13NO2S/c1-17-14(16)12-8-15-13(18-12)11-7-6-9-4-2-3-5-10(9)11/h2-5,8,11H,6-7H2,1H3. The molecule has 92 valence electrons. The molecule has 0 fully saturated rings. The van der Waals surface area contributed by atoms with Crippen LogP contribution in [0.4, 0.5) is 0 Å². The zero-order valence-electron chi connectivity index (χ0n) is 10.1. The maximum Gasteiger partial charge on any atom is 0.349 e. The van der Waals surface area contributed by atoms with Crippen molar-refractivity contribution in [2.75, 3.05) is 7.11 Å². The monoisotopic (exact) mass is 259 g/mol. The number of aryl methyl sites for hydroxylation is 1. The fourth-order valence-corrected chi connectivity index (χ4v) is 3.45. The van der Waals surface area contributed by atoms with E-state index in [4.69, 9.17) is 4.74 Å². The van der Waals surface area contributed by atoms with Gasteiger partial charge in [0.15, 0.2) is 0 Å². The molecule has 0 amide bonds. The molecular weight excluding hydrogens is 246 g/mol. The molecule has 0 N–H and O–H groups in total. The number of esters is 1. The Morgan fingerprint density at radius 2 is 2.28 bits per heavy atom. The summed E-state index contributed by atoms with van der Waals surface area (Å²) in [4.78, 5) is 16.4. The third-order valence-electron chi connectivity index (χ3n) is 3.34. The van der Waals surface area contributed by atoms with Gasteiger partial charge in [-0.25, -0.2) is 9.78 Å². The van der Waals surface area contributed by atoms with Crippen LogP contribution in [0.15, 0.2) is 30.5 Å². The highest BCUT2D eigenvalue weighted by Gasteiger charge is 2.26. The molecule has 2 aromatic rings. The van der Waals surface area contributed by atoms with Gasteiger partial charge in [-0.15, -0.1) is 11.3 Å². The van der Waals surface area contributed by atoms with Crippen molar-refractivity contribution >= 4 is 17.3 Å². The average molecular weight is 259 g/mol. The molecule has 0 radical (unpaired) electrons. The van der Waals surface area contributed by atoms with Crippen molar-refractivity contribution in [1.82, 2.24) is 4.98 Å². The lowest BCUT2D eigenvalue weighted by Crippen LogP contribution is -1.97. The smallest absolute Gasteiger partial charge is 0.349 e. The van der Waals surface area contributed by atoms with Crippen LogP contribution in [0.5, 0.6) is 0 Å². The van der Waals surface area contributed by atoms with Crippen LogP contribution in [0.2, 0.25) is 0 Å². The minimum atomic E-state index is -0.301. The summed E-state index contributed by atoms with van der Waals surface area (Å²) in [5.41, 5.74) is 2.75. The Morgan fingerprint density at radius 3 is 3.11 bits per heavy atom. The number of benzene rings is 1. The van der Waals surface area contributed by atoms with Gasteiger partial charge >= 0.3 is 5.97 Å². The topological polar surface area (TPSA) is 39.2 Å². The van der Waals surface area contributed by atoms with E-state index in [1.54, 1.807) is 6.20 Å². The van der Waals surface area contributed by atoms with Crippen LogP contribution in [0.3, 0.4) is 0 Å². The van der Waals surface area contributed by atoms with Gasteiger partial charge in [0.25, 0.3) is 0 Å². The van der Waals surface area contributed by atoms with Gasteiger partial charge < -0.3 is 4.74 Å². The summed E-state index contributed by atoms with van der Waals surface area (Å²) >= 11 is 1.44. The summed E-state index contributed by atoms with van der Waals surface area (Å²) in [5, 5.41) is 1.01. The molecule has 1 aliphatic rings. The molecule has 0 saturated carbocycles. The van der Waals surface area contributed by atoms with Crippen LogP contribution in [-0.2, 0) is 11.2 Å². The first-order valence-electron chi connectivity index (χ1n) is 5.91. The summed E-state index contributed by atoms with van der Waals surface area (Å²) in [6, 6.07) is 8.46. The van der Waals surface area contributed by atoms with Crippen molar-refractivity contribution in [3.05, 3.63) is 51.5 Å². The highest BCUT2D eigenvalue weighted by molar-refractivity contribution is 7.13. The van der Waals surface area contributed by atoms with Gasteiger partial charge in [-0.2, -0.15) is 0 Å². The van der Waals surface area contributed by atoms with E-state index >= 15 is 0 Å². The van der Waals surface area contributed by atoms with E-state index < -0.39 is 0 Å². The minimum absolute atomic E-state index is 0.301. The number of hydrogen-bond donors (Lipinski definition) is 0. The molecule has 1 heterocycles. The Hall–Kier alpha value is -1.68. The SMILES string of the molecule is COC(=O)c1cnc(C2CCc3ccccc32)s1. The van der Waals surface area contributed by atoms with Crippen molar-refractivity contribution in [2.45, 2.75) is 18.8 Å². The van der Waals surface area contributed by atoms with E-state index in [1.807, 2.05) is 0 Å². The zero-order chi connectivity index (χ0) is 12.5. The van der Waals surface area contributed by atoms with E-state index in [2.05, 4.69) is 29.2 Å². The molecule has 1 aliphatic carbocycles. The first-order valence-corrected chi connectivity index (χ1v) is 6.73. The van der Waals surface area contributed by atoms with Gasteiger partial charge in [-0.05, 0) is 24.0 Å². The summed E-state index contributed by atoms with van der Waals surface area (Å²) < 4.78 is 4.71. The average Bonchev–Trinajstić information content (AvgIpc) is 3.03. The number of carbonyl (C=O) groups is 1. The molecule has 1 aromatic carbocycles. The number of nitrogens with zero attached hydrogens (tertiary/aromatic N) is 1.